The molecule has 0 aliphatic heterocycles. The van der Waals surface area contributed by atoms with Crippen LogP contribution in [0.4, 0.5) is 11.4 Å². The van der Waals surface area contributed by atoms with Crippen LogP contribution in [-0.2, 0) is 15.6 Å². The van der Waals surface area contributed by atoms with E-state index in [0.29, 0.717) is 0 Å². The van der Waals surface area contributed by atoms with Crippen molar-refractivity contribution in [3.8, 4) is 22.2 Å². The van der Waals surface area contributed by atoms with Crippen LogP contribution in [0.3, 0.4) is 0 Å². The van der Waals surface area contributed by atoms with Crippen molar-refractivity contribution in [2.24, 2.45) is 0 Å². The Bertz CT molecular complexity index is 2320. The van der Waals surface area contributed by atoms with Crippen LogP contribution in [0.2, 0.25) is 0 Å². The van der Waals surface area contributed by atoms with Gasteiger partial charge in [-0.1, -0.05) is 131 Å². The van der Waals surface area contributed by atoms with Gasteiger partial charge in [-0.05, 0) is 113 Å². The van der Waals surface area contributed by atoms with E-state index in [1.54, 1.807) is 6.07 Å². The molecule has 1 N–H and O–H groups in total. The lowest BCUT2D eigenvalue weighted by atomic mass is 9.85. The number of rotatable bonds is 17. The van der Waals surface area contributed by atoms with Crippen LogP contribution < -0.4 is 4.90 Å². The Morgan fingerprint density at radius 3 is 1.67 bits per heavy atom. The molecule has 6 heteroatoms. The van der Waals surface area contributed by atoms with Crippen molar-refractivity contribution in [3.63, 3.8) is 0 Å². The number of aliphatic carboxylic acids is 1. The molecule has 6 rings (SSSR count). The fourth-order valence-electron chi connectivity index (χ4n) is 7.86. The lowest BCUT2D eigenvalue weighted by Crippen LogP contribution is -2.18. The normalized spacial score (nSPS) is 12.3. The molecular formula is C52H61N3O2S. The van der Waals surface area contributed by atoms with Gasteiger partial charge in [-0.15, -0.1) is 11.3 Å². The minimum Gasteiger partial charge on any atom is -0.477 e. The van der Waals surface area contributed by atoms with Gasteiger partial charge in [0.05, 0.1) is 11.0 Å². The van der Waals surface area contributed by atoms with E-state index in [9.17, 15) is 15.2 Å². The van der Waals surface area contributed by atoms with Gasteiger partial charge in [0.2, 0.25) is 0 Å². The van der Waals surface area contributed by atoms with Crippen molar-refractivity contribution < 1.29 is 9.90 Å². The van der Waals surface area contributed by atoms with Crippen molar-refractivity contribution in [2.45, 2.75) is 124 Å². The highest BCUT2D eigenvalue weighted by Crippen LogP contribution is 2.39. The highest BCUT2D eigenvalue weighted by molar-refractivity contribution is 7.16. The first-order valence-electron chi connectivity index (χ1n) is 21.3. The molecule has 0 saturated carbocycles. The minimum atomic E-state index is -1.21. The lowest BCUT2D eigenvalue weighted by molar-refractivity contribution is -0.132. The second-order valence-corrected chi connectivity index (χ2v) is 19.0. The molecule has 0 radical (unpaired) electrons. The van der Waals surface area contributed by atoms with E-state index in [-0.39, 0.29) is 16.4 Å². The quantitative estimate of drug-likeness (QED) is 0.0567. The van der Waals surface area contributed by atoms with Crippen molar-refractivity contribution in [1.82, 2.24) is 4.57 Å². The van der Waals surface area contributed by atoms with Gasteiger partial charge < -0.3 is 14.6 Å². The second-order valence-electron chi connectivity index (χ2n) is 17.9. The standard InChI is InChI=1S/C52H61N3O2S/c1-8-9-10-11-12-13-14-15-16-17-32-54(41-22-18-37(19-23-41)49-31-28-44(58-49)33-38(36-53)50(56)57)42-24-26-43(27-25-42)55-47-29-20-39(51(2,3)4)34-45(47)46-35-40(52(5,6)7)21-30-48(46)55/h18-31,33-35H,8-17,32H2,1-7H3,(H,56,57)/b38-33-. The molecule has 58 heavy (non-hydrogen) atoms. The zero-order valence-electron chi connectivity index (χ0n) is 35.7. The molecule has 0 atom stereocenters. The number of carbonyl (C=O) groups is 1. The molecule has 5 nitrogen and oxygen atoms in total. The Balaban J connectivity index is 1.29. The number of fused-ring (bicyclic) bond motifs is 3. The lowest BCUT2D eigenvalue weighted by Gasteiger charge is -2.26. The Labute approximate surface area is 350 Å². The molecule has 2 aromatic heterocycles. The summed E-state index contributed by atoms with van der Waals surface area (Å²) in [7, 11) is 0. The summed E-state index contributed by atoms with van der Waals surface area (Å²) < 4.78 is 2.43. The van der Waals surface area contributed by atoms with Crippen LogP contribution in [-0.4, -0.2) is 22.2 Å². The van der Waals surface area contributed by atoms with Crippen LogP contribution in [0.15, 0.2) is 103 Å². The third-order valence-corrected chi connectivity index (χ3v) is 12.5. The summed E-state index contributed by atoms with van der Waals surface area (Å²) in [4.78, 5) is 15.6. The molecule has 0 amide bonds. The molecule has 0 spiro atoms. The molecular weight excluding hydrogens is 731 g/mol. The van der Waals surface area contributed by atoms with E-state index in [4.69, 9.17) is 0 Å². The predicted octanol–water partition coefficient (Wildman–Crippen LogP) is 15.2. The van der Waals surface area contributed by atoms with Crippen LogP contribution in [0.25, 0.3) is 44.0 Å². The molecule has 2 heterocycles. The first-order chi connectivity index (χ1) is 27.8. The number of carboxylic acid groups (broad SMARTS) is 1. The number of benzene rings is 4. The molecule has 0 aliphatic carbocycles. The third kappa shape index (κ3) is 10.1. The van der Waals surface area contributed by atoms with Crippen molar-refractivity contribution >= 4 is 56.6 Å². The molecule has 0 bridgehead atoms. The van der Waals surface area contributed by atoms with Gasteiger partial charge in [-0.3, -0.25) is 0 Å². The van der Waals surface area contributed by atoms with E-state index in [2.05, 4.69) is 143 Å². The summed E-state index contributed by atoms with van der Waals surface area (Å²) in [5.74, 6) is -1.21. The second kappa shape index (κ2) is 18.6. The average molecular weight is 792 g/mol. The summed E-state index contributed by atoms with van der Waals surface area (Å²) in [5, 5.41) is 21.1. The Hall–Kier alpha value is -5.12. The minimum absolute atomic E-state index is 0.0515. The summed E-state index contributed by atoms with van der Waals surface area (Å²) >= 11 is 1.48. The van der Waals surface area contributed by atoms with Crippen LogP contribution in [0.1, 0.15) is 129 Å². The number of thiophene rings is 1. The maximum atomic E-state index is 11.4. The summed E-state index contributed by atoms with van der Waals surface area (Å²) in [6.45, 7) is 16.9. The number of anilines is 2. The fraction of sp³-hybridized carbons (Fsp3) is 0.385. The number of nitrogens with zero attached hydrogens (tertiary/aromatic N) is 3. The van der Waals surface area contributed by atoms with Gasteiger partial charge in [0.1, 0.15) is 11.6 Å². The van der Waals surface area contributed by atoms with Crippen molar-refractivity contribution in [2.75, 3.05) is 11.4 Å². The largest absolute Gasteiger partial charge is 0.477 e. The number of unbranched alkanes of at least 4 members (excludes halogenated alkanes) is 9. The molecule has 0 aliphatic rings. The number of carboxylic acids is 1. The zero-order chi connectivity index (χ0) is 41.5. The van der Waals surface area contributed by atoms with Gasteiger partial charge in [-0.25, -0.2) is 4.79 Å². The molecule has 302 valence electrons. The Morgan fingerprint density at radius 2 is 1.19 bits per heavy atom. The summed E-state index contributed by atoms with van der Waals surface area (Å²) in [5.41, 5.74) is 9.48. The van der Waals surface area contributed by atoms with E-state index >= 15 is 0 Å². The van der Waals surface area contributed by atoms with Gasteiger partial charge in [-0.2, -0.15) is 5.26 Å². The smallest absolute Gasteiger partial charge is 0.346 e. The highest BCUT2D eigenvalue weighted by Gasteiger charge is 2.21. The first-order valence-corrected chi connectivity index (χ1v) is 22.1. The SMILES string of the molecule is CCCCCCCCCCCCN(c1ccc(-c2ccc(/C=C(/C#N)C(=O)O)s2)cc1)c1ccc(-n2c3ccc(C(C)(C)C)cc3c3cc(C(C)(C)C)ccc32)cc1. The molecule has 0 saturated heterocycles. The topological polar surface area (TPSA) is 69.3 Å². The highest BCUT2D eigenvalue weighted by atomic mass is 32.1. The molecule has 6 aromatic rings. The average Bonchev–Trinajstić information content (AvgIpc) is 3.81. The van der Waals surface area contributed by atoms with E-state index in [1.807, 2.05) is 12.1 Å². The maximum absolute atomic E-state index is 11.4. The van der Waals surface area contributed by atoms with Gasteiger partial charge >= 0.3 is 5.97 Å². The number of aromatic nitrogens is 1. The Kier molecular flexibility index (Phi) is 13.7. The van der Waals surface area contributed by atoms with E-state index in [0.717, 1.165) is 39.7 Å². The third-order valence-electron chi connectivity index (χ3n) is 11.4. The van der Waals surface area contributed by atoms with Crippen molar-refractivity contribution in [3.05, 3.63) is 119 Å². The summed E-state index contributed by atoms with van der Waals surface area (Å²) in [6.07, 6.45) is 14.4. The van der Waals surface area contributed by atoms with Crippen LogP contribution in [0.5, 0.6) is 0 Å². The zero-order valence-corrected chi connectivity index (χ0v) is 36.5. The van der Waals surface area contributed by atoms with Gasteiger partial charge in [0, 0.05) is 44.1 Å². The molecule has 0 unspecified atom stereocenters. The fourth-order valence-corrected chi connectivity index (χ4v) is 8.81. The van der Waals surface area contributed by atoms with Crippen molar-refractivity contribution in [1.29, 1.82) is 5.26 Å². The molecule has 4 aromatic carbocycles. The predicted molar refractivity (Wildman–Crippen MR) is 248 cm³/mol. The van der Waals surface area contributed by atoms with Crippen LogP contribution in [0, 0.1) is 11.3 Å². The monoisotopic (exact) mass is 791 g/mol. The number of nitriles is 1. The maximum Gasteiger partial charge on any atom is 0.346 e. The van der Waals surface area contributed by atoms with E-state index < -0.39 is 5.97 Å². The molecule has 0 fully saturated rings. The van der Waals surface area contributed by atoms with Crippen LogP contribution >= 0.6 is 11.3 Å². The van der Waals surface area contributed by atoms with Gasteiger partial charge in [0.15, 0.2) is 0 Å². The van der Waals surface area contributed by atoms with Gasteiger partial charge in [0.25, 0.3) is 0 Å². The Morgan fingerprint density at radius 1 is 0.690 bits per heavy atom. The number of hydrogen-bond acceptors (Lipinski definition) is 4. The van der Waals surface area contributed by atoms with E-state index in [1.165, 1.54) is 114 Å². The first kappa shape index (κ1) is 42.5. The summed E-state index contributed by atoms with van der Waals surface area (Å²) in [6, 6.07) is 37.4. The number of hydrogen-bond donors (Lipinski definition) is 1.